The Labute approximate surface area is 123 Å². The minimum atomic E-state index is 0.0257. The number of hydrogen-bond donors (Lipinski definition) is 3. The predicted octanol–water partition coefficient (Wildman–Crippen LogP) is 0.813. The molecule has 0 aliphatic rings. The highest BCUT2D eigenvalue weighted by Crippen LogP contribution is 2.19. The molecule has 0 saturated carbocycles. The van der Waals surface area contributed by atoms with Crippen molar-refractivity contribution in [3.05, 3.63) is 47.5 Å². The molecule has 7 nitrogen and oxygen atoms in total. The van der Waals surface area contributed by atoms with Gasteiger partial charge in [0.2, 0.25) is 0 Å². The molecule has 0 atom stereocenters. The molecule has 0 aliphatic heterocycles. The normalized spacial score (nSPS) is 11.6. The molecule has 0 amide bonds. The standard InChI is InChI=1S/C14H19N5O2/c1-19-6-5-17-13(19)9-16-8-10-3-4-12(21-2)11(7-10)14(15)18-20/h3-7,16,20H,8-9H2,1-2H3,(H2,15,18). The Morgan fingerprint density at radius 3 is 2.90 bits per heavy atom. The van der Waals surface area contributed by atoms with E-state index < -0.39 is 0 Å². The van der Waals surface area contributed by atoms with Gasteiger partial charge in [-0.05, 0) is 17.7 Å². The Hall–Kier alpha value is -2.54. The number of imidazole rings is 1. The Morgan fingerprint density at radius 2 is 2.29 bits per heavy atom. The maximum atomic E-state index is 8.81. The number of oxime groups is 1. The summed E-state index contributed by atoms with van der Waals surface area (Å²) in [6, 6.07) is 5.56. The fraction of sp³-hybridized carbons (Fsp3) is 0.286. The Morgan fingerprint density at radius 1 is 1.48 bits per heavy atom. The topological polar surface area (TPSA) is 97.7 Å². The van der Waals surface area contributed by atoms with E-state index in [2.05, 4.69) is 15.5 Å². The molecule has 2 aromatic rings. The van der Waals surface area contributed by atoms with Crippen LogP contribution < -0.4 is 15.8 Å². The molecule has 0 saturated heterocycles. The second-order valence-corrected chi connectivity index (χ2v) is 4.58. The molecule has 2 rings (SSSR count). The van der Waals surface area contributed by atoms with Gasteiger partial charge >= 0.3 is 0 Å². The lowest BCUT2D eigenvalue weighted by molar-refractivity contribution is 0.318. The van der Waals surface area contributed by atoms with E-state index in [0.29, 0.717) is 24.4 Å². The van der Waals surface area contributed by atoms with Gasteiger partial charge in [-0.3, -0.25) is 0 Å². The first-order valence-corrected chi connectivity index (χ1v) is 6.47. The first-order valence-electron chi connectivity index (χ1n) is 6.47. The van der Waals surface area contributed by atoms with Gasteiger partial charge in [0.25, 0.3) is 0 Å². The minimum Gasteiger partial charge on any atom is -0.496 e. The quantitative estimate of drug-likeness (QED) is 0.316. The van der Waals surface area contributed by atoms with Crippen molar-refractivity contribution in [3.63, 3.8) is 0 Å². The van der Waals surface area contributed by atoms with Crippen LogP contribution in [0.3, 0.4) is 0 Å². The third-order valence-corrected chi connectivity index (χ3v) is 3.18. The number of hydrogen-bond acceptors (Lipinski definition) is 5. The third-order valence-electron chi connectivity index (χ3n) is 3.18. The number of nitrogens with one attached hydrogen (secondary N) is 1. The van der Waals surface area contributed by atoms with Crippen LogP contribution in [0.2, 0.25) is 0 Å². The molecule has 0 unspecified atom stereocenters. The molecule has 0 bridgehead atoms. The molecule has 0 radical (unpaired) electrons. The minimum absolute atomic E-state index is 0.0257. The van der Waals surface area contributed by atoms with E-state index >= 15 is 0 Å². The van der Waals surface area contributed by atoms with Crippen molar-refractivity contribution < 1.29 is 9.94 Å². The average molecular weight is 289 g/mol. The Kier molecular flexibility index (Phi) is 4.78. The van der Waals surface area contributed by atoms with Crippen LogP contribution in [0.15, 0.2) is 35.7 Å². The molecule has 0 spiro atoms. The lowest BCUT2D eigenvalue weighted by Gasteiger charge is -2.10. The van der Waals surface area contributed by atoms with E-state index in [-0.39, 0.29) is 5.84 Å². The van der Waals surface area contributed by atoms with Crippen molar-refractivity contribution in [1.82, 2.24) is 14.9 Å². The molecule has 1 heterocycles. The molecule has 4 N–H and O–H groups in total. The molecule has 1 aromatic carbocycles. The summed E-state index contributed by atoms with van der Waals surface area (Å²) < 4.78 is 7.16. The largest absolute Gasteiger partial charge is 0.496 e. The summed E-state index contributed by atoms with van der Waals surface area (Å²) in [5, 5.41) is 15.1. The highest BCUT2D eigenvalue weighted by atomic mass is 16.5. The average Bonchev–Trinajstić information content (AvgIpc) is 2.91. The van der Waals surface area contributed by atoms with Crippen LogP contribution in [0.1, 0.15) is 17.0 Å². The van der Waals surface area contributed by atoms with Gasteiger partial charge in [0, 0.05) is 26.0 Å². The summed E-state index contributed by atoms with van der Waals surface area (Å²) in [5.41, 5.74) is 7.22. The van der Waals surface area contributed by atoms with E-state index in [1.54, 1.807) is 19.4 Å². The summed E-state index contributed by atoms with van der Waals surface area (Å²) in [5.74, 6) is 1.55. The summed E-state index contributed by atoms with van der Waals surface area (Å²) in [4.78, 5) is 4.24. The number of methoxy groups -OCH3 is 1. The number of rotatable bonds is 6. The molecular formula is C14H19N5O2. The maximum absolute atomic E-state index is 8.81. The second-order valence-electron chi connectivity index (χ2n) is 4.58. The SMILES string of the molecule is COc1ccc(CNCc2nccn2C)cc1C(N)=NO. The van der Waals surface area contributed by atoms with Crippen LogP contribution in [-0.4, -0.2) is 27.7 Å². The van der Waals surface area contributed by atoms with Crippen LogP contribution in [0.25, 0.3) is 0 Å². The third kappa shape index (κ3) is 3.51. The maximum Gasteiger partial charge on any atom is 0.173 e. The zero-order valence-electron chi connectivity index (χ0n) is 12.1. The number of amidine groups is 1. The van der Waals surface area contributed by atoms with Crippen molar-refractivity contribution in [2.45, 2.75) is 13.1 Å². The van der Waals surface area contributed by atoms with Crippen LogP contribution in [0, 0.1) is 0 Å². The highest BCUT2D eigenvalue weighted by molar-refractivity contribution is 5.99. The van der Waals surface area contributed by atoms with Gasteiger partial charge in [0.15, 0.2) is 5.84 Å². The molecule has 1 aromatic heterocycles. The molecule has 0 aliphatic carbocycles. The zero-order valence-corrected chi connectivity index (χ0v) is 12.1. The summed E-state index contributed by atoms with van der Waals surface area (Å²) in [6.45, 7) is 1.30. The van der Waals surface area contributed by atoms with E-state index in [9.17, 15) is 0 Å². The van der Waals surface area contributed by atoms with E-state index in [1.807, 2.05) is 29.9 Å². The number of aryl methyl sites for hydroxylation is 1. The monoisotopic (exact) mass is 289 g/mol. The predicted molar refractivity (Wildman–Crippen MR) is 79.3 cm³/mol. The highest BCUT2D eigenvalue weighted by Gasteiger charge is 2.09. The number of ether oxygens (including phenoxy) is 1. The van der Waals surface area contributed by atoms with Gasteiger partial charge in [-0.25, -0.2) is 4.98 Å². The lowest BCUT2D eigenvalue weighted by Crippen LogP contribution is -2.18. The fourth-order valence-electron chi connectivity index (χ4n) is 2.00. The molecule has 112 valence electrons. The van der Waals surface area contributed by atoms with Crippen LogP contribution in [0.5, 0.6) is 5.75 Å². The second kappa shape index (κ2) is 6.76. The van der Waals surface area contributed by atoms with Crippen LogP contribution in [0.4, 0.5) is 0 Å². The first-order chi connectivity index (χ1) is 10.2. The number of nitrogens with zero attached hydrogens (tertiary/aromatic N) is 3. The van der Waals surface area contributed by atoms with Crippen molar-refractivity contribution >= 4 is 5.84 Å². The van der Waals surface area contributed by atoms with Gasteiger partial charge in [0.05, 0.1) is 19.2 Å². The first kappa shape index (κ1) is 14.9. The zero-order chi connectivity index (χ0) is 15.2. The van der Waals surface area contributed by atoms with E-state index in [4.69, 9.17) is 15.7 Å². The Bertz CT molecular complexity index is 636. The summed E-state index contributed by atoms with van der Waals surface area (Å²) in [6.07, 6.45) is 3.67. The van der Waals surface area contributed by atoms with Gasteiger partial charge in [-0.2, -0.15) is 0 Å². The molecular weight excluding hydrogens is 270 g/mol. The van der Waals surface area contributed by atoms with Gasteiger partial charge in [-0.1, -0.05) is 11.2 Å². The van der Waals surface area contributed by atoms with E-state index in [1.165, 1.54) is 0 Å². The summed E-state index contributed by atoms with van der Waals surface area (Å²) >= 11 is 0. The lowest BCUT2D eigenvalue weighted by atomic mass is 10.1. The van der Waals surface area contributed by atoms with Gasteiger partial charge < -0.3 is 25.6 Å². The van der Waals surface area contributed by atoms with Crippen molar-refractivity contribution in [2.24, 2.45) is 17.9 Å². The molecule has 0 fully saturated rings. The smallest absolute Gasteiger partial charge is 0.173 e. The van der Waals surface area contributed by atoms with Crippen molar-refractivity contribution in [3.8, 4) is 5.75 Å². The molecule has 21 heavy (non-hydrogen) atoms. The van der Waals surface area contributed by atoms with Crippen LogP contribution >= 0.6 is 0 Å². The van der Waals surface area contributed by atoms with Gasteiger partial charge in [-0.15, -0.1) is 0 Å². The number of aromatic nitrogens is 2. The Balaban J connectivity index is 2.05. The van der Waals surface area contributed by atoms with Crippen LogP contribution in [-0.2, 0) is 20.1 Å². The number of nitrogens with two attached hydrogens (primary N) is 1. The molecule has 7 heteroatoms. The van der Waals surface area contributed by atoms with Crippen molar-refractivity contribution in [1.29, 1.82) is 0 Å². The van der Waals surface area contributed by atoms with Crippen molar-refractivity contribution in [2.75, 3.05) is 7.11 Å². The fourth-order valence-corrected chi connectivity index (χ4v) is 2.00. The van der Waals surface area contributed by atoms with Gasteiger partial charge in [0.1, 0.15) is 11.6 Å². The summed E-state index contributed by atoms with van der Waals surface area (Å²) in [7, 11) is 3.50. The van der Waals surface area contributed by atoms with E-state index in [0.717, 1.165) is 11.4 Å². The number of benzene rings is 1.